The van der Waals surface area contributed by atoms with Crippen molar-refractivity contribution in [3.63, 3.8) is 0 Å². The third-order valence-electron chi connectivity index (χ3n) is 10.2. The normalized spacial score (nSPS) is 14.5. The van der Waals surface area contributed by atoms with Crippen molar-refractivity contribution >= 4 is 27.2 Å². The number of H-pyrrole nitrogens is 1. The molecule has 46 heavy (non-hydrogen) atoms. The lowest BCUT2D eigenvalue weighted by molar-refractivity contribution is 0.344. The SMILES string of the molecule is CCCCC(CC)CN=c1cc2c(=O)[nH]c(=O)c3c(NCC(CC)CCCC)cc4c(O)n(CC(CC)CCCC)c(=O)c1c4c3-2. The Hall–Kier alpha value is -3.42. The lowest BCUT2D eigenvalue weighted by Crippen LogP contribution is -2.31. The Morgan fingerprint density at radius 1 is 0.783 bits per heavy atom. The fourth-order valence-corrected chi connectivity index (χ4v) is 6.99. The third-order valence-corrected chi connectivity index (χ3v) is 10.2. The number of aromatic nitrogens is 2. The quantitative estimate of drug-likeness (QED) is 0.0911. The largest absolute Gasteiger partial charge is 0.494 e. The molecule has 0 saturated heterocycles. The Balaban J connectivity index is 2.06. The molecule has 0 bridgehead atoms. The van der Waals surface area contributed by atoms with E-state index in [0.29, 0.717) is 75.2 Å². The number of nitrogens with zero attached hydrogens (tertiary/aromatic N) is 2. The number of unbranched alkanes of at least 4 members (excludes halogenated alkanes) is 3. The van der Waals surface area contributed by atoms with Gasteiger partial charge < -0.3 is 10.4 Å². The molecule has 2 aromatic rings. The van der Waals surface area contributed by atoms with E-state index in [9.17, 15) is 19.5 Å². The maximum atomic E-state index is 14.5. The first kappa shape index (κ1) is 35.4. The van der Waals surface area contributed by atoms with Crippen LogP contribution >= 0.6 is 0 Å². The fourth-order valence-electron chi connectivity index (χ4n) is 6.99. The Morgan fingerprint density at radius 3 is 2.00 bits per heavy atom. The van der Waals surface area contributed by atoms with Gasteiger partial charge in [0.15, 0.2) is 0 Å². The molecule has 8 heteroatoms. The molecule has 1 aromatic heterocycles. The first-order valence-corrected chi connectivity index (χ1v) is 18.1. The number of nitrogens with one attached hydrogen (secondary N) is 2. The van der Waals surface area contributed by atoms with Crippen LogP contribution in [-0.2, 0) is 6.54 Å². The molecule has 2 aliphatic rings. The van der Waals surface area contributed by atoms with Crippen LogP contribution in [0, 0.1) is 17.8 Å². The lowest BCUT2D eigenvalue weighted by atomic mass is 9.89. The molecule has 8 nitrogen and oxygen atoms in total. The second-order valence-corrected chi connectivity index (χ2v) is 13.4. The zero-order valence-corrected chi connectivity index (χ0v) is 29.1. The number of rotatable bonds is 19. The topological polar surface area (TPSA) is 117 Å². The van der Waals surface area contributed by atoms with Crippen LogP contribution in [0.1, 0.15) is 119 Å². The molecule has 0 radical (unpaired) electrons. The number of hydrogen-bond acceptors (Lipinski definition) is 6. The van der Waals surface area contributed by atoms with Crippen molar-refractivity contribution in [1.82, 2.24) is 9.55 Å². The Morgan fingerprint density at radius 2 is 1.39 bits per heavy atom. The van der Waals surface area contributed by atoms with Gasteiger partial charge in [0.05, 0.1) is 21.7 Å². The maximum absolute atomic E-state index is 14.5. The fraction of sp³-hybridized carbons (Fsp3) is 0.632. The molecule has 252 valence electrons. The van der Waals surface area contributed by atoms with Crippen molar-refractivity contribution in [2.75, 3.05) is 18.4 Å². The van der Waals surface area contributed by atoms with Gasteiger partial charge in [0, 0.05) is 41.7 Å². The highest BCUT2D eigenvalue weighted by atomic mass is 16.3. The van der Waals surface area contributed by atoms with Crippen LogP contribution in [0.25, 0.3) is 32.7 Å². The summed E-state index contributed by atoms with van der Waals surface area (Å²) >= 11 is 0. The van der Waals surface area contributed by atoms with Gasteiger partial charge >= 0.3 is 0 Å². The van der Waals surface area contributed by atoms with Crippen molar-refractivity contribution in [1.29, 1.82) is 0 Å². The standard InChI is InChI=1S/C38H56N4O4/c1-7-13-16-24(10-4)21-39-29-20-28-32-31-27(35(43)41-36(44)33(29)31)19-30(40-22-25(11-5)17-14-8-2)34(32)38(46)42(37(28)45)23-26(12-6)18-15-9-3/h19-20,24-26,39,45H,7-18,21-23H2,1-6H3,(H,41,43,44). The molecular weight excluding hydrogens is 576 g/mol. The molecule has 2 heterocycles. The summed E-state index contributed by atoms with van der Waals surface area (Å²) in [6.45, 7) is 14.6. The van der Waals surface area contributed by atoms with Crippen molar-refractivity contribution in [2.24, 2.45) is 22.7 Å². The van der Waals surface area contributed by atoms with Gasteiger partial charge in [-0.3, -0.25) is 28.9 Å². The minimum atomic E-state index is -0.504. The van der Waals surface area contributed by atoms with Crippen LogP contribution < -0.4 is 27.4 Å². The summed E-state index contributed by atoms with van der Waals surface area (Å²) in [6, 6.07) is 3.51. The molecule has 0 amide bonds. The van der Waals surface area contributed by atoms with Crippen molar-refractivity contribution in [3.05, 3.63) is 48.6 Å². The average molecular weight is 633 g/mol. The highest BCUT2D eigenvalue weighted by Crippen LogP contribution is 2.41. The first-order valence-electron chi connectivity index (χ1n) is 18.1. The van der Waals surface area contributed by atoms with E-state index in [1.165, 1.54) is 4.57 Å². The summed E-state index contributed by atoms with van der Waals surface area (Å²) in [7, 11) is 0. The number of aromatic hydroxyl groups is 1. The van der Waals surface area contributed by atoms with E-state index in [-0.39, 0.29) is 17.4 Å². The molecule has 1 aliphatic heterocycles. The summed E-state index contributed by atoms with van der Waals surface area (Å²) in [5.41, 5.74) is 0.0109. The molecule has 3 unspecified atom stereocenters. The predicted octanol–water partition coefficient (Wildman–Crippen LogP) is 7.85. The van der Waals surface area contributed by atoms with Gasteiger partial charge in [-0.15, -0.1) is 0 Å². The molecule has 0 fully saturated rings. The molecule has 3 N–H and O–H groups in total. The van der Waals surface area contributed by atoms with Crippen LogP contribution in [0.4, 0.5) is 5.69 Å². The van der Waals surface area contributed by atoms with Crippen LogP contribution in [0.5, 0.6) is 5.88 Å². The van der Waals surface area contributed by atoms with Gasteiger partial charge in [-0.2, -0.15) is 0 Å². The number of hydrogen-bond donors (Lipinski definition) is 3. The number of benzene rings is 2. The van der Waals surface area contributed by atoms with Gasteiger partial charge in [-0.25, -0.2) is 0 Å². The summed E-state index contributed by atoms with van der Waals surface area (Å²) in [6.07, 6.45) is 12.5. The molecular formula is C38H56N4O4. The first-order chi connectivity index (χ1) is 22.2. The van der Waals surface area contributed by atoms with Gasteiger partial charge in [0.25, 0.3) is 16.7 Å². The third kappa shape index (κ3) is 7.42. The Kier molecular flexibility index (Phi) is 12.6. The van der Waals surface area contributed by atoms with E-state index < -0.39 is 11.1 Å². The van der Waals surface area contributed by atoms with Gasteiger partial charge in [0.2, 0.25) is 5.88 Å². The lowest BCUT2D eigenvalue weighted by Gasteiger charge is -2.23. The Bertz CT molecular complexity index is 1770. The van der Waals surface area contributed by atoms with E-state index in [0.717, 1.165) is 77.0 Å². The Labute approximate surface area is 273 Å². The van der Waals surface area contributed by atoms with E-state index in [4.69, 9.17) is 4.99 Å². The van der Waals surface area contributed by atoms with Crippen molar-refractivity contribution in [2.45, 2.75) is 125 Å². The molecule has 0 saturated carbocycles. The van der Waals surface area contributed by atoms with Crippen LogP contribution in [-0.4, -0.2) is 27.7 Å². The van der Waals surface area contributed by atoms with Crippen LogP contribution in [0.15, 0.2) is 31.5 Å². The van der Waals surface area contributed by atoms with E-state index in [1.54, 1.807) is 6.07 Å². The molecule has 4 rings (SSSR count). The van der Waals surface area contributed by atoms with Crippen molar-refractivity contribution < 1.29 is 5.11 Å². The summed E-state index contributed by atoms with van der Waals surface area (Å²) in [5, 5.41) is 17.5. The zero-order chi connectivity index (χ0) is 33.4. The van der Waals surface area contributed by atoms with E-state index in [1.807, 2.05) is 6.07 Å². The highest BCUT2D eigenvalue weighted by molar-refractivity contribution is 6.18. The molecule has 1 aromatic carbocycles. The van der Waals surface area contributed by atoms with Crippen LogP contribution in [0.2, 0.25) is 0 Å². The van der Waals surface area contributed by atoms with Gasteiger partial charge in [-0.05, 0) is 49.1 Å². The molecule has 3 atom stereocenters. The molecule has 0 spiro atoms. The highest BCUT2D eigenvalue weighted by Gasteiger charge is 2.28. The number of pyridine rings is 2. The predicted molar refractivity (Wildman–Crippen MR) is 192 cm³/mol. The minimum Gasteiger partial charge on any atom is -0.494 e. The van der Waals surface area contributed by atoms with E-state index in [2.05, 4.69) is 51.8 Å². The minimum absolute atomic E-state index is 0.115. The number of aromatic amines is 1. The summed E-state index contributed by atoms with van der Waals surface area (Å²) < 4.78 is 1.52. The van der Waals surface area contributed by atoms with Crippen LogP contribution in [0.3, 0.4) is 0 Å². The van der Waals surface area contributed by atoms with Crippen molar-refractivity contribution in [3.8, 4) is 17.0 Å². The molecule has 1 aliphatic carbocycles. The monoisotopic (exact) mass is 632 g/mol. The number of anilines is 1. The van der Waals surface area contributed by atoms with E-state index >= 15 is 0 Å². The maximum Gasteiger partial charge on any atom is 0.263 e. The zero-order valence-electron chi connectivity index (χ0n) is 29.1. The van der Waals surface area contributed by atoms with Gasteiger partial charge in [-0.1, -0.05) is 99.3 Å². The smallest absolute Gasteiger partial charge is 0.263 e. The second-order valence-electron chi connectivity index (χ2n) is 13.4. The summed E-state index contributed by atoms with van der Waals surface area (Å²) in [5.74, 6) is 0.899. The second kappa shape index (κ2) is 16.4. The van der Waals surface area contributed by atoms with Gasteiger partial charge in [0.1, 0.15) is 0 Å². The summed E-state index contributed by atoms with van der Waals surface area (Å²) in [4.78, 5) is 48.9. The average Bonchev–Trinajstić information content (AvgIpc) is 3.06.